The lowest BCUT2D eigenvalue weighted by atomic mass is 9.95. The van der Waals surface area contributed by atoms with Gasteiger partial charge in [-0.25, -0.2) is 0 Å². The molecule has 1 saturated heterocycles. The molecule has 0 spiro atoms. The summed E-state index contributed by atoms with van der Waals surface area (Å²) < 4.78 is 2.21. The molecule has 2 aromatic rings. The fourth-order valence-corrected chi connectivity index (χ4v) is 4.09. The van der Waals surface area contributed by atoms with Crippen LogP contribution in [0.25, 0.3) is 5.69 Å². The van der Waals surface area contributed by atoms with Crippen molar-refractivity contribution in [1.29, 1.82) is 0 Å². The largest absolute Gasteiger partial charge is 0.343 e. The molecule has 6 nitrogen and oxygen atoms in total. The molecule has 1 aromatic carbocycles. The number of carbonyl (C=O) groups is 1. The zero-order valence-electron chi connectivity index (χ0n) is 14.6. The Kier molecular flexibility index (Phi) is 4.25. The second-order valence-corrected chi connectivity index (χ2v) is 7.47. The van der Waals surface area contributed by atoms with E-state index in [4.69, 9.17) is 11.6 Å². The first-order valence-electron chi connectivity index (χ1n) is 8.70. The first kappa shape index (κ1) is 16.5. The quantitative estimate of drug-likeness (QED) is 0.785. The van der Waals surface area contributed by atoms with Crippen molar-refractivity contribution in [3.05, 3.63) is 40.4 Å². The molecule has 132 valence electrons. The first-order chi connectivity index (χ1) is 12.0. The predicted octanol–water partition coefficient (Wildman–Crippen LogP) is 2.59. The van der Waals surface area contributed by atoms with E-state index in [9.17, 15) is 4.79 Å². The molecule has 2 aliphatic rings. The number of fused-ring (bicyclic) bond motifs is 3. The van der Waals surface area contributed by atoms with Crippen molar-refractivity contribution in [2.45, 2.75) is 38.8 Å². The summed E-state index contributed by atoms with van der Waals surface area (Å²) in [4.78, 5) is 15.7. The van der Waals surface area contributed by atoms with E-state index in [-0.39, 0.29) is 5.91 Å². The van der Waals surface area contributed by atoms with Crippen molar-refractivity contribution in [2.24, 2.45) is 0 Å². The Balaban J connectivity index is 1.72. The summed E-state index contributed by atoms with van der Waals surface area (Å²) in [6.45, 7) is 4.80. The molecule has 0 radical (unpaired) electrons. The van der Waals surface area contributed by atoms with Crippen LogP contribution in [0.4, 0.5) is 0 Å². The Hall–Kier alpha value is -1.92. The second-order valence-electron chi connectivity index (χ2n) is 7.04. The summed E-state index contributed by atoms with van der Waals surface area (Å²) >= 11 is 6.22. The topological polar surface area (TPSA) is 54.3 Å². The molecule has 1 fully saturated rings. The van der Waals surface area contributed by atoms with Gasteiger partial charge in [0.25, 0.3) is 0 Å². The van der Waals surface area contributed by atoms with Crippen LogP contribution in [0.5, 0.6) is 0 Å². The molecule has 1 aromatic heterocycles. The van der Waals surface area contributed by atoms with Gasteiger partial charge >= 0.3 is 0 Å². The minimum absolute atomic E-state index is 0.153. The number of rotatable bonds is 1. The number of halogens is 1. The van der Waals surface area contributed by atoms with Gasteiger partial charge in [-0.15, -0.1) is 10.2 Å². The third kappa shape index (κ3) is 3.04. The maximum Gasteiger partial charge on any atom is 0.219 e. The average molecular weight is 360 g/mol. The molecule has 0 saturated carbocycles. The van der Waals surface area contributed by atoms with Gasteiger partial charge in [0.05, 0.1) is 12.2 Å². The van der Waals surface area contributed by atoms with Gasteiger partial charge in [-0.05, 0) is 43.7 Å². The van der Waals surface area contributed by atoms with Gasteiger partial charge in [0.2, 0.25) is 5.91 Å². The van der Waals surface area contributed by atoms with Gasteiger partial charge in [0.1, 0.15) is 5.82 Å². The standard InChI is InChI=1S/C18H22ClN5O/c1-12(25)23-7-5-13(6-8-23)18-21-20-17-11-22(2)10-14-9-15(19)3-4-16(14)24(17)18/h3-4,9,13H,5-8,10-11H2,1-2H3. The molecule has 0 unspecified atom stereocenters. The van der Waals surface area contributed by atoms with Crippen molar-refractivity contribution in [2.75, 3.05) is 20.1 Å². The lowest BCUT2D eigenvalue weighted by Gasteiger charge is -2.31. The number of benzene rings is 1. The van der Waals surface area contributed by atoms with E-state index in [2.05, 4.69) is 32.8 Å². The maximum absolute atomic E-state index is 11.6. The van der Waals surface area contributed by atoms with E-state index < -0.39 is 0 Å². The first-order valence-corrected chi connectivity index (χ1v) is 9.08. The molecular weight excluding hydrogens is 338 g/mol. The smallest absolute Gasteiger partial charge is 0.219 e. The van der Waals surface area contributed by atoms with Gasteiger partial charge in [0, 0.05) is 37.5 Å². The number of aromatic nitrogens is 3. The Bertz CT molecular complexity index is 810. The van der Waals surface area contributed by atoms with Crippen molar-refractivity contribution in [3.63, 3.8) is 0 Å². The number of piperidine rings is 1. The summed E-state index contributed by atoms with van der Waals surface area (Å²) in [5.74, 6) is 2.45. The summed E-state index contributed by atoms with van der Waals surface area (Å²) in [6.07, 6.45) is 1.85. The molecule has 0 atom stereocenters. The zero-order valence-corrected chi connectivity index (χ0v) is 15.3. The fourth-order valence-electron chi connectivity index (χ4n) is 3.90. The highest BCUT2D eigenvalue weighted by molar-refractivity contribution is 6.30. The van der Waals surface area contributed by atoms with Crippen LogP contribution in [-0.2, 0) is 17.9 Å². The highest BCUT2D eigenvalue weighted by atomic mass is 35.5. The van der Waals surface area contributed by atoms with E-state index in [1.165, 1.54) is 5.56 Å². The summed E-state index contributed by atoms with van der Waals surface area (Å²) in [5, 5.41) is 9.76. The Morgan fingerprint density at radius 1 is 1.20 bits per heavy atom. The molecule has 0 bridgehead atoms. The monoisotopic (exact) mass is 359 g/mol. The van der Waals surface area contributed by atoms with E-state index >= 15 is 0 Å². The number of hydrogen-bond acceptors (Lipinski definition) is 4. The van der Waals surface area contributed by atoms with E-state index in [1.54, 1.807) is 6.92 Å². The molecular formula is C18H22ClN5O. The number of carbonyl (C=O) groups excluding carboxylic acids is 1. The number of nitrogens with zero attached hydrogens (tertiary/aromatic N) is 5. The maximum atomic E-state index is 11.6. The number of amides is 1. The van der Waals surface area contributed by atoms with Crippen LogP contribution < -0.4 is 0 Å². The average Bonchev–Trinajstić information content (AvgIpc) is 2.92. The van der Waals surface area contributed by atoms with Crippen LogP contribution in [0.1, 0.15) is 42.9 Å². The Morgan fingerprint density at radius 2 is 1.96 bits per heavy atom. The molecule has 25 heavy (non-hydrogen) atoms. The summed E-state index contributed by atoms with van der Waals surface area (Å²) in [6, 6.07) is 6.03. The third-order valence-corrected chi connectivity index (χ3v) is 5.43. The normalized spacial score (nSPS) is 18.6. The second kappa shape index (κ2) is 6.42. The number of likely N-dealkylation sites (tertiary alicyclic amines) is 1. The van der Waals surface area contributed by atoms with E-state index in [0.717, 1.165) is 61.4 Å². The van der Waals surface area contributed by atoms with Gasteiger partial charge in [-0.1, -0.05) is 11.6 Å². The third-order valence-electron chi connectivity index (χ3n) is 5.19. The van der Waals surface area contributed by atoms with E-state index in [1.807, 2.05) is 17.0 Å². The highest BCUT2D eigenvalue weighted by Crippen LogP contribution is 2.33. The molecule has 0 N–H and O–H groups in total. The van der Waals surface area contributed by atoms with Crippen LogP contribution in [0.3, 0.4) is 0 Å². The van der Waals surface area contributed by atoms with Crippen molar-refractivity contribution < 1.29 is 4.79 Å². The van der Waals surface area contributed by atoms with Crippen LogP contribution in [0.15, 0.2) is 18.2 Å². The lowest BCUT2D eigenvalue weighted by Crippen LogP contribution is -2.36. The zero-order chi connectivity index (χ0) is 17.6. The predicted molar refractivity (Wildman–Crippen MR) is 95.8 cm³/mol. The number of hydrogen-bond donors (Lipinski definition) is 0. The van der Waals surface area contributed by atoms with Crippen LogP contribution in [0.2, 0.25) is 5.02 Å². The highest BCUT2D eigenvalue weighted by Gasteiger charge is 2.29. The van der Waals surface area contributed by atoms with Crippen LogP contribution in [0, 0.1) is 0 Å². The van der Waals surface area contributed by atoms with Crippen LogP contribution >= 0.6 is 11.6 Å². The van der Waals surface area contributed by atoms with Crippen molar-refractivity contribution >= 4 is 17.5 Å². The molecule has 0 aliphatic carbocycles. The van der Waals surface area contributed by atoms with Crippen LogP contribution in [-0.4, -0.2) is 50.6 Å². The molecule has 2 aliphatic heterocycles. The van der Waals surface area contributed by atoms with E-state index in [0.29, 0.717) is 5.92 Å². The lowest BCUT2D eigenvalue weighted by molar-refractivity contribution is -0.129. The minimum Gasteiger partial charge on any atom is -0.343 e. The van der Waals surface area contributed by atoms with Crippen molar-refractivity contribution in [1.82, 2.24) is 24.6 Å². The SMILES string of the molecule is CC(=O)N1CCC(c2nnc3n2-c2ccc(Cl)cc2CN(C)C3)CC1. The summed E-state index contributed by atoms with van der Waals surface area (Å²) in [7, 11) is 2.08. The summed E-state index contributed by atoms with van der Waals surface area (Å²) in [5.41, 5.74) is 2.31. The fraction of sp³-hybridized carbons (Fsp3) is 0.500. The van der Waals surface area contributed by atoms with Gasteiger partial charge in [-0.3, -0.25) is 14.3 Å². The molecule has 4 rings (SSSR count). The van der Waals surface area contributed by atoms with Gasteiger partial charge in [-0.2, -0.15) is 0 Å². The minimum atomic E-state index is 0.153. The molecule has 3 heterocycles. The molecule has 1 amide bonds. The van der Waals surface area contributed by atoms with Gasteiger partial charge in [0.15, 0.2) is 5.82 Å². The molecule has 7 heteroatoms. The van der Waals surface area contributed by atoms with Gasteiger partial charge < -0.3 is 4.90 Å². The Morgan fingerprint density at radius 3 is 2.68 bits per heavy atom. The Labute approximate surface area is 152 Å². The van der Waals surface area contributed by atoms with Crippen molar-refractivity contribution in [3.8, 4) is 5.69 Å².